The zero-order chi connectivity index (χ0) is 21.8. The van der Waals surface area contributed by atoms with Crippen LogP contribution in [0.5, 0.6) is 11.5 Å². The monoisotopic (exact) mass is 443 g/mol. The Morgan fingerprint density at radius 2 is 1.97 bits per heavy atom. The highest BCUT2D eigenvalue weighted by molar-refractivity contribution is 7.09. The molecule has 7 heteroatoms. The minimum atomic E-state index is -0.175. The first-order valence-corrected chi connectivity index (χ1v) is 12.2. The molecule has 1 saturated heterocycles. The summed E-state index contributed by atoms with van der Waals surface area (Å²) in [7, 11) is 1.61. The van der Waals surface area contributed by atoms with Crippen LogP contribution >= 0.6 is 11.3 Å². The number of aromatic nitrogens is 1. The zero-order valence-corrected chi connectivity index (χ0v) is 19.5. The molecule has 2 fully saturated rings. The minimum absolute atomic E-state index is 0.135. The molecule has 2 heterocycles. The van der Waals surface area contributed by atoms with E-state index in [4.69, 9.17) is 9.47 Å². The number of methoxy groups -OCH3 is 1. The van der Waals surface area contributed by atoms with E-state index in [1.54, 1.807) is 24.5 Å². The van der Waals surface area contributed by atoms with Crippen molar-refractivity contribution in [1.29, 1.82) is 0 Å². The Morgan fingerprint density at radius 3 is 2.61 bits per heavy atom. The Labute approximate surface area is 189 Å². The van der Waals surface area contributed by atoms with Crippen molar-refractivity contribution in [2.24, 2.45) is 0 Å². The molecule has 1 aliphatic carbocycles. The summed E-state index contributed by atoms with van der Waals surface area (Å²) >= 11 is 1.59. The minimum Gasteiger partial charge on any atom is -0.497 e. The number of thiazole rings is 1. The second-order valence-corrected chi connectivity index (χ2v) is 9.70. The van der Waals surface area contributed by atoms with Gasteiger partial charge in [0.1, 0.15) is 17.6 Å². The van der Waals surface area contributed by atoms with Crippen LogP contribution < -0.4 is 14.8 Å². The number of benzene rings is 1. The highest BCUT2D eigenvalue weighted by atomic mass is 32.1. The molecule has 1 aromatic heterocycles. The van der Waals surface area contributed by atoms with Crippen molar-refractivity contribution in [2.75, 3.05) is 20.2 Å². The lowest BCUT2D eigenvalue weighted by Gasteiger charge is -2.36. The summed E-state index contributed by atoms with van der Waals surface area (Å²) in [5.41, 5.74) is 1.39. The van der Waals surface area contributed by atoms with Crippen molar-refractivity contribution in [3.05, 3.63) is 39.8 Å². The standard InChI is InChI=1S/C24H33N3O3S/c1-16(22-15-31-17(2)26-22)25-24(28)21-14-20(29-3)8-9-23(21)30-19-10-12-27(13-11-19)18-6-4-5-7-18/h8-9,14-16,18-19H,4-7,10-13H2,1-3H3,(H,25,28). The molecule has 2 aliphatic rings. The van der Waals surface area contributed by atoms with Crippen LogP contribution in [0.4, 0.5) is 0 Å². The van der Waals surface area contributed by atoms with Gasteiger partial charge in [0.25, 0.3) is 5.91 Å². The first kappa shape index (κ1) is 22.1. The predicted octanol–water partition coefficient (Wildman–Crippen LogP) is 4.74. The van der Waals surface area contributed by atoms with Gasteiger partial charge in [-0.2, -0.15) is 0 Å². The number of hydrogen-bond acceptors (Lipinski definition) is 6. The van der Waals surface area contributed by atoms with Crippen molar-refractivity contribution in [3.8, 4) is 11.5 Å². The van der Waals surface area contributed by atoms with Crippen molar-refractivity contribution in [3.63, 3.8) is 0 Å². The molecule has 1 saturated carbocycles. The number of carbonyl (C=O) groups is 1. The van der Waals surface area contributed by atoms with Crippen molar-refractivity contribution >= 4 is 17.2 Å². The average Bonchev–Trinajstić information content (AvgIpc) is 3.46. The largest absolute Gasteiger partial charge is 0.497 e. The van der Waals surface area contributed by atoms with Gasteiger partial charge in [0, 0.05) is 24.5 Å². The van der Waals surface area contributed by atoms with Gasteiger partial charge in [-0.25, -0.2) is 4.98 Å². The lowest BCUT2D eigenvalue weighted by atomic mass is 10.0. The lowest BCUT2D eigenvalue weighted by molar-refractivity contribution is 0.0748. The van der Waals surface area contributed by atoms with Gasteiger partial charge >= 0.3 is 0 Å². The summed E-state index contributed by atoms with van der Waals surface area (Å²) in [6, 6.07) is 6.06. The van der Waals surface area contributed by atoms with E-state index in [-0.39, 0.29) is 18.1 Å². The third-order valence-corrected chi connectivity index (χ3v) is 7.26. The summed E-state index contributed by atoms with van der Waals surface area (Å²) in [6.07, 6.45) is 7.54. The maximum atomic E-state index is 13.1. The number of ether oxygens (including phenoxy) is 2. The van der Waals surface area contributed by atoms with E-state index >= 15 is 0 Å². The Kier molecular flexibility index (Phi) is 7.13. The van der Waals surface area contributed by atoms with Crippen LogP contribution in [-0.2, 0) is 0 Å². The third-order valence-electron chi connectivity index (χ3n) is 6.47. The number of likely N-dealkylation sites (tertiary alicyclic amines) is 1. The van der Waals surface area contributed by atoms with Gasteiger partial charge < -0.3 is 19.7 Å². The number of rotatable bonds is 7. The molecular weight excluding hydrogens is 410 g/mol. The SMILES string of the molecule is COc1ccc(OC2CCN(C3CCCC3)CC2)c(C(=O)NC(C)c2csc(C)n2)c1. The fourth-order valence-electron chi connectivity index (χ4n) is 4.65. The van der Waals surface area contributed by atoms with Gasteiger partial charge in [-0.15, -0.1) is 11.3 Å². The van der Waals surface area contributed by atoms with Gasteiger partial charge in [0.05, 0.1) is 29.4 Å². The third kappa shape index (κ3) is 5.39. The van der Waals surface area contributed by atoms with E-state index in [0.717, 1.165) is 42.7 Å². The van der Waals surface area contributed by atoms with Gasteiger partial charge in [0.15, 0.2) is 0 Å². The Bertz CT molecular complexity index is 886. The van der Waals surface area contributed by atoms with Crippen LogP contribution in [-0.4, -0.2) is 48.1 Å². The van der Waals surface area contributed by atoms with Crippen molar-refractivity contribution in [2.45, 2.75) is 70.6 Å². The summed E-state index contributed by atoms with van der Waals surface area (Å²) in [5.74, 6) is 1.10. The number of nitrogens with one attached hydrogen (secondary N) is 1. The highest BCUT2D eigenvalue weighted by Gasteiger charge is 2.28. The Hall–Kier alpha value is -2.12. The van der Waals surface area contributed by atoms with Gasteiger partial charge in [-0.05, 0) is 57.7 Å². The summed E-state index contributed by atoms with van der Waals surface area (Å²) < 4.78 is 11.7. The number of amides is 1. The molecule has 1 amide bonds. The van der Waals surface area contributed by atoms with E-state index in [0.29, 0.717) is 17.1 Å². The number of hydrogen-bond donors (Lipinski definition) is 1. The van der Waals surface area contributed by atoms with Crippen LogP contribution in [0.2, 0.25) is 0 Å². The number of nitrogens with zero attached hydrogens (tertiary/aromatic N) is 2. The smallest absolute Gasteiger partial charge is 0.255 e. The molecule has 1 aliphatic heterocycles. The maximum absolute atomic E-state index is 13.1. The van der Waals surface area contributed by atoms with Crippen LogP contribution in [0.15, 0.2) is 23.6 Å². The first-order valence-electron chi connectivity index (χ1n) is 11.3. The molecule has 6 nitrogen and oxygen atoms in total. The predicted molar refractivity (Wildman–Crippen MR) is 123 cm³/mol. The second kappa shape index (κ2) is 10.0. The fourth-order valence-corrected chi connectivity index (χ4v) is 5.36. The van der Waals surface area contributed by atoms with E-state index in [9.17, 15) is 4.79 Å². The molecule has 1 unspecified atom stereocenters. The molecule has 1 aromatic carbocycles. The Balaban J connectivity index is 1.42. The quantitative estimate of drug-likeness (QED) is 0.670. The molecule has 0 radical (unpaired) electrons. The van der Waals surface area contributed by atoms with E-state index in [1.807, 2.05) is 31.4 Å². The molecule has 2 aromatic rings. The maximum Gasteiger partial charge on any atom is 0.255 e. The Morgan fingerprint density at radius 1 is 1.23 bits per heavy atom. The van der Waals surface area contributed by atoms with Gasteiger partial charge in [-0.3, -0.25) is 4.79 Å². The van der Waals surface area contributed by atoms with Gasteiger partial charge in [0.2, 0.25) is 0 Å². The molecule has 0 bridgehead atoms. The van der Waals surface area contributed by atoms with Crippen LogP contribution in [0.1, 0.15) is 72.6 Å². The van der Waals surface area contributed by atoms with E-state index in [1.165, 1.54) is 25.7 Å². The normalized spacial score (nSPS) is 19.3. The molecular formula is C24H33N3O3S. The summed E-state index contributed by atoms with van der Waals surface area (Å²) in [4.78, 5) is 20.2. The molecule has 4 rings (SSSR count). The van der Waals surface area contributed by atoms with Crippen molar-refractivity contribution in [1.82, 2.24) is 15.2 Å². The first-order chi connectivity index (χ1) is 15.0. The topological polar surface area (TPSA) is 63.7 Å². The molecule has 0 spiro atoms. The molecule has 31 heavy (non-hydrogen) atoms. The van der Waals surface area contributed by atoms with E-state index in [2.05, 4.69) is 15.2 Å². The number of carbonyl (C=O) groups excluding carboxylic acids is 1. The fraction of sp³-hybridized carbons (Fsp3) is 0.583. The highest BCUT2D eigenvalue weighted by Crippen LogP contribution is 2.30. The van der Waals surface area contributed by atoms with Crippen molar-refractivity contribution < 1.29 is 14.3 Å². The summed E-state index contributed by atoms with van der Waals surface area (Å²) in [6.45, 7) is 6.07. The zero-order valence-electron chi connectivity index (χ0n) is 18.7. The van der Waals surface area contributed by atoms with Crippen LogP contribution in [0.25, 0.3) is 0 Å². The molecule has 1 atom stereocenters. The average molecular weight is 444 g/mol. The van der Waals surface area contributed by atoms with Crippen LogP contribution in [0, 0.1) is 6.92 Å². The van der Waals surface area contributed by atoms with Crippen LogP contribution in [0.3, 0.4) is 0 Å². The molecule has 1 N–H and O–H groups in total. The molecule has 168 valence electrons. The van der Waals surface area contributed by atoms with Gasteiger partial charge in [-0.1, -0.05) is 12.8 Å². The second-order valence-electron chi connectivity index (χ2n) is 8.64. The van der Waals surface area contributed by atoms with E-state index < -0.39 is 0 Å². The lowest BCUT2D eigenvalue weighted by Crippen LogP contribution is -2.43. The number of piperidine rings is 1. The summed E-state index contributed by atoms with van der Waals surface area (Å²) in [5, 5.41) is 6.04. The number of aryl methyl sites for hydroxylation is 1.